The van der Waals surface area contributed by atoms with E-state index in [1.807, 2.05) is 0 Å². The Hall–Kier alpha value is -0.710. The molecule has 0 aromatic carbocycles. The highest BCUT2D eigenvalue weighted by Crippen LogP contribution is 2.56. The number of halogens is 2. The van der Waals surface area contributed by atoms with Crippen LogP contribution in [0, 0.1) is 10.8 Å². The summed E-state index contributed by atoms with van der Waals surface area (Å²) in [6.45, 7) is 0.958. The van der Waals surface area contributed by atoms with Crippen molar-refractivity contribution in [2.75, 3.05) is 6.61 Å². The number of carbonyl (C=O) groups is 1. The van der Waals surface area contributed by atoms with Crippen molar-refractivity contribution in [3.8, 4) is 0 Å². The second-order valence-electron chi connectivity index (χ2n) is 4.10. The largest absolute Gasteiger partial charge is 0.396 e. The molecule has 1 saturated carbocycles. The number of alkyl halides is 2. The Morgan fingerprint density at radius 1 is 1.62 bits per heavy atom. The van der Waals surface area contributed by atoms with Crippen LogP contribution >= 0.6 is 0 Å². The van der Waals surface area contributed by atoms with Gasteiger partial charge in [-0.25, -0.2) is 8.78 Å². The number of nitrogens with two attached hydrogens (primary N) is 1. The van der Waals surface area contributed by atoms with Crippen LogP contribution in [0.15, 0.2) is 0 Å². The van der Waals surface area contributed by atoms with E-state index in [0.717, 1.165) is 0 Å². The molecular formula is C8H13F2NO2. The van der Waals surface area contributed by atoms with Crippen molar-refractivity contribution in [1.82, 2.24) is 0 Å². The molecule has 0 atom stereocenters. The van der Waals surface area contributed by atoms with Gasteiger partial charge in [-0.1, -0.05) is 6.92 Å². The van der Waals surface area contributed by atoms with Crippen molar-refractivity contribution in [2.45, 2.75) is 26.2 Å². The van der Waals surface area contributed by atoms with Crippen LogP contribution in [0.3, 0.4) is 0 Å². The van der Waals surface area contributed by atoms with E-state index in [0.29, 0.717) is 0 Å². The molecular weight excluding hydrogens is 180 g/mol. The lowest BCUT2D eigenvalue weighted by Crippen LogP contribution is -2.56. The number of rotatable bonds is 3. The molecule has 1 rings (SSSR count). The molecule has 0 aliphatic heterocycles. The van der Waals surface area contributed by atoms with E-state index in [2.05, 4.69) is 0 Å². The van der Waals surface area contributed by atoms with E-state index in [1.165, 1.54) is 0 Å². The Kier molecular flexibility index (Phi) is 2.32. The van der Waals surface area contributed by atoms with Gasteiger partial charge in [-0.3, -0.25) is 4.79 Å². The topological polar surface area (TPSA) is 63.3 Å². The molecule has 76 valence electrons. The van der Waals surface area contributed by atoms with Gasteiger partial charge in [0.05, 0.1) is 12.0 Å². The van der Waals surface area contributed by atoms with Crippen molar-refractivity contribution in [2.24, 2.45) is 16.6 Å². The van der Waals surface area contributed by atoms with E-state index < -0.39 is 29.8 Å². The van der Waals surface area contributed by atoms with Crippen LogP contribution in [0.5, 0.6) is 0 Å². The first kappa shape index (κ1) is 10.4. The fourth-order valence-corrected chi connectivity index (χ4v) is 2.01. The summed E-state index contributed by atoms with van der Waals surface area (Å²) in [4.78, 5) is 10.8. The van der Waals surface area contributed by atoms with Gasteiger partial charge in [0.15, 0.2) is 0 Å². The molecule has 0 bridgehead atoms. The number of amides is 1. The second-order valence-corrected chi connectivity index (χ2v) is 4.10. The van der Waals surface area contributed by atoms with Gasteiger partial charge in [0.25, 0.3) is 0 Å². The first-order chi connectivity index (χ1) is 5.86. The third-order valence-corrected chi connectivity index (χ3v) is 2.86. The third-order valence-electron chi connectivity index (χ3n) is 2.86. The Morgan fingerprint density at radius 2 is 2.08 bits per heavy atom. The van der Waals surface area contributed by atoms with Crippen molar-refractivity contribution in [3.05, 3.63) is 0 Å². The summed E-state index contributed by atoms with van der Waals surface area (Å²) in [5.41, 5.74) is 2.78. The molecule has 0 spiro atoms. The molecule has 0 aromatic heterocycles. The van der Waals surface area contributed by atoms with Crippen LogP contribution in [0.1, 0.15) is 19.8 Å². The zero-order chi connectivity index (χ0) is 10.3. The number of hydrogen-bond acceptors (Lipinski definition) is 2. The summed E-state index contributed by atoms with van der Waals surface area (Å²) < 4.78 is 24.9. The van der Waals surface area contributed by atoms with Gasteiger partial charge < -0.3 is 10.8 Å². The average Bonchev–Trinajstić information content (AvgIpc) is 1.97. The van der Waals surface area contributed by atoms with Gasteiger partial charge in [0, 0.05) is 5.41 Å². The van der Waals surface area contributed by atoms with Gasteiger partial charge in [-0.2, -0.15) is 0 Å². The number of primary amides is 1. The van der Waals surface area contributed by atoms with Crippen molar-refractivity contribution in [3.63, 3.8) is 0 Å². The van der Waals surface area contributed by atoms with Gasteiger partial charge in [-0.05, 0) is 12.8 Å². The van der Waals surface area contributed by atoms with Gasteiger partial charge in [0.2, 0.25) is 12.3 Å². The fourth-order valence-electron chi connectivity index (χ4n) is 2.01. The summed E-state index contributed by atoms with van der Waals surface area (Å²) >= 11 is 0. The predicted octanol–water partition coefficient (Wildman–Crippen LogP) is 0.516. The molecule has 0 radical (unpaired) electrons. The third kappa shape index (κ3) is 1.41. The SMILES string of the molecule is CC1(C(N)=O)CC(CO)(C(F)F)C1. The quantitative estimate of drug-likeness (QED) is 0.686. The zero-order valence-corrected chi connectivity index (χ0v) is 7.39. The van der Waals surface area contributed by atoms with Gasteiger partial charge in [-0.15, -0.1) is 0 Å². The van der Waals surface area contributed by atoms with Gasteiger partial charge >= 0.3 is 0 Å². The normalized spacial score (nSPS) is 38.8. The number of aliphatic hydroxyl groups is 1. The Labute approximate surface area is 74.9 Å². The van der Waals surface area contributed by atoms with Gasteiger partial charge in [0.1, 0.15) is 0 Å². The number of aliphatic hydroxyl groups excluding tert-OH is 1. The molecule has 0 aromatic rings. The van der Waals surface area contributed by atoms with Crippen molar-refractivity contribution in [1.29, 1.82) is 0 Å². The highest BCUT2D eigenvalue weighted by Gasteiger charge is 2.59. The van der Waals surface area contributed by atoms with Crippen molar-refractivity contribution >= 4 is 5.91 Å². The van der Waals surface area contributed by atoms with Crippen LogP contribution in [0.25, 0.3) is 0 Å². The van der Waals surface area contributed by atoms with E-state index in [4.69, 9.17) is 10.8 Å². The Balaban J connectivity index is 2.69. The predicted molar refractivity (Wildman–Crippen MR) is 42.1 cm³/mol. The molecule has 3 N–H and O–H groups in total. The highest BCUT2D eigenvalue weighted by atomic mass is 19.3. The Morgan fingerprint density at radius 3 is 2.31 bits per heavy atom. The maximum atomic E-state index is 12.4. The minimum absolute atomic E-state index is 0.0243. The fraction of sp³-hybridized carbons (Fsp3) is 0.875. The lowest BCUT2D eigenvalue weighted by molar-refractivity contribution is -0.171. The average molecular weight is 193 g/mol. The van der Waals surface area contributed by atoms with Crippen molar-refractivity contribution < 1.29 is 18.7 Å². The summed E-state index contributed by atoms with van der Waals surface area (Å²) in [6.07, 6.45) is -2.64. The maximum Gasteiger partial charge on any atom is 0.246 e. The molecule has 1 aliphatic rings. The summed E-state index contributed by atoms with van der Waals surface area (Å²) in [5.74, 6) is -0.572. The number of hydrogen-bond donors (Lipinski definition) is 2. The summed E-state index contributed by atoms with van der Waals surface area (Å²) in [6, 6.07) is 0. The van der Waals surface area contributed by atoms with E-state index >= 15 is 0 Å². The van der Waals surface area contributed by atoms with Crippen LogP contribution < -0.4 is 5.73 Å². The zero-order valence-electron chi connectivity index (χ0n) is 7.39. The summed E-state index contributed by atoms with van der Waals surface area (Å²) in [7, 11) is 0. The first-order valence-corrected chi connectivity index (χ1v) is 4.05. The minimum atomic E-state index is -2.59. The van der Waals surface area contributed by atoms with Crippen LogP contribution in [0.4, 0.5) is 8.78 Å². The molecule has 3 nitrogen and oxygen atoms in total. The second kappa shape index (κ2) is 2.90. The molecule has 1 fully saturated rings. The van der Waals surface area contributed by atoms with Crippen LogP contribution in [-0.2, 0) is 4.79 Å². The Bertz CT molecular complexity index is 224. The molecule has 0 unspecified atom stereocenters. The highest BCUT2D eigenvalue weighted by molar-refractivity contribution is 5.81. The van der Waals surface area contributed by atoms with E-state index in [1.54, 1.807) is 6.92 Å². The molecule has 1 amide bonds. The monoisotopic (exact) mass is 193 g/mol. The molecule has 0 saturated heterocycles. The molecule has 0 heterocycles. The minimum Gasteiger partial charge on any atom is -0.396 e. The maximum absolute atomic E-state index is 12.4. The number of carbonyl (C=O) groups excluding carboxylic acids is 1. The molecule has 13 heavy (non-hydrogen) atoms. The lowest BCUT2D eigenvalue weighted by atomic mass is 9.53. The standard InChI is InChI=1S/C8H13F2NO2/c1-7(6(11)13)2-8(3-7,4-12)5(9)10/h5,12H,2-4H2,1H3,(H2,11,13). The smallest absolute Gasteiger partial charge is 0.246 e. The first-order valence-electron chi connectivity index (χ1n) is 4.05. The van der Waals surface area contributed by atoms with E-state index in [-0.39, 0.29) is 12.8 Å². The molecule has 1 aliphatic carbocycles. The molecule has 5 heteroatoms. The van der Waals surface area contributed by atoms with E-state index in [9.17, 15) is 13.6 Å². The summed E-state index contributed by atoms with van der Waals surface area (Å²) in [5, 5.41) is 8.79. The van der Waals surface area contributed by atoms with Crippen LogP contribution in [0.2, 0.25) is 0 Å². The van der Waals surface area contributed by atoms with Crippen LogP contribution in [-0.4, -0.2) is 24.0 Å². The lowest BCUT2D eigenvalue weighted by Gasteiger charge is -2.51.